The van der Waals surface area contributed by atoms with Gasteiger partial charge in [0.25, 0.3) is 0 Å². The summed E-state index contributed by atoms with van der Waals surface area (Å²) in [5.74, 6) is -0.676. The second-order valence-corrected chi connectivity index (χ2v) is 5.87. The molecule has 2 rings (SSSR count). The number of hydrogen-bond acceptors (Lipinski definition) is 4. The predicted octanol–water partition coefficient (Wildman–Crippen LogP) is 2.33. The van der Waals surface area contributed by atoms with E-state index >= 15 is 0 Å². The van der Waals surface area contributed by atoms with Crippen molar-refractivity contribution < 1.29 is 19.4 Å². The average molecular weight is 295 g/mol. The van der Waals surface area contributed by atoms with Crippen molar-refractivity contribution in [3.05, 3.63) is 29.1 Å². The number of phenolic OH excluding ortho intramolecular Hbond substituents is 1. The molecule has 1 heterocycles. The Morgan fingerprint density at radius 2 is 2.05 bits per heavy atom. The molecule has 1 aromatic carbocycles. The summed E-state index contributed by atoms with van der Waals surface area (Å²) in [6.45, 7) is 5.11. The minimum absolute atomic E-state index is 0.0314. The number of carbonyl (C=O) groups is 1. The molecule has 1 saturated heterocycles. The molecule has 0 amide bonds. The van der Waals surface area contributed by atoms with Crippen LogP contribution >= 0.6 is 0 Å². The SMILES string of the molecule is CC(=O)c1cc(F)cc(CN2CCC(C(C)O)CC2)c1O. The summed E-state index contributed by atoms with van der Waals surface area (Å²) >= 11 is 0. The molecular weight excluding hydrogens is 273 g/mol. The number of halogens is 1. The highest BCUT2D eigenvalue weighted by atomic mass is 19.1. The quantitative estimate of drug-likeness (QED) is 0.837. The zero-order valence-electron chi connectivity index (χ0n) is 12.5. The fourth-order valence-corrected chi connectivity index (χ4v) is 2.88. The number of ketones is 1. The lowest BCUT2D eigenvalue weighted by molar-refractivity contribution is 0.0692. The van der Waals surface area contributed by atoms with Crippen molar-refractivity contribution >= 4 is 5.78 Å². The van der Waals surface area contributed by atoms with Crippen molar-refractivity contribution in [2.24, 2.45) is 5.92 Å². The summed E-state index contributed by atoms with van der Waals surface area (Å²) in [6.07, 6.45) is 1.46. The molecule has 0 spiro atoms. The maximum absolute atomic E-state index is 13.6. The average Bonchev–Trinajstić information content (AvgIpc) is 2.42. The Balaban J connectivity index is 2.09. The van der Waals surface area contributed by atoms with Crippen LogP contribution in [-0.2, 0) is 6.54 Å². The predicted molar refractivity (Wildman–Crippen MR) is 77.8 cm³/mol. The van der Waals surface area contributed by atoms with Gasteiger partial charge in [-0.25, -0.2) is 4.39 Å². The van der Waals surface area contributed by atoms with Crippen LogP contribution in [0.2, 0.25) is 0 Å². The van der Waals surface area contributed by atoms with Crippen LogP contribution in [0.25, 0.3) is 0 Å². The third-order valence-electron chi connectivity index (χ3n) is 4.24. The number of nitrogens with zero attached hydrogens (tertiary/aromatic N) is 1. The number of carbonyl (C=O) groups excluding carboxylic acids is 1. The number of aliphatic hydroxyl groups excluding tert-OH is 1. The first kappa shape index (κ1) is 15.9. The summed E-state index contributed by atoms with van der Waals surface area (Å²) in [5.41, 5.74) is 0.472. The van der Waals surface area contributed by atoms with E-state index in [1.807, 2.05) is 0 Å². The Morgan fingerprint density at radius 1 is 1.43 bits per heavy atom. The summed E-state index contributed by atoms with van der Waals surface area (Å²) in [4.78, 5) is 13.5. The van der Waals surface area contributed by atoms with E-state index in [0.717, 1.165) is 32.0 Å². The number of benzene rings is 1. The fourth-order valence-electron chi connectivity index (χ4n) is 2.88. The smallest absolute Gasteiger partial charge is 0.163 e. The van der Waals surface area contributed by atoms with E-state index in [0.29, 0.717) is 18.0 Å². The van der Waals surface area contributed by atoms with E-state index in [9.17, 15) is 19.4 Å². The first-order valence-electron chi connectivity index (χ1n) is 7.31. The number of likely N-dealkylation sites (tertiary alicyclic amines) is 1. The molecule has 1 aromatic rings. The fraction of sp³-hybridized carbons (Fsp3) is 0.562. The number of rotatable bonds is 4. The van der Waals surface area contributed by atoms with Crippen LogP contribution in [0.15, 0.2) is 12.1 Å². The lowest BCUT2D eigenvalue weighted by Crippen LogP contribution is -2.36. The van der Waals surface area contributed by atoms with Crippen LogP contribution < -0.4 is 0 Å². The van der Waals surface area contributed by atoms with E-state index in [-0.39, 0.29) is 23.2 Å². The van der Waals surface area contributed by atoms with E-state index in [1.54, 1.807) is 6.92 Å². The van der Waals surface area contributed by atoms with Gasteiger partial charge in [-0.3, -0.25) is 9.69 Å². The van der Waals surface area contributed by atoms with Crippen LogP contribution in [0.5, 0.6) is 5.75 Å². The zero-order valence-corrected chi connectivity index (χ0v) is 12.5. The summed E-state index contributed by atoms with van der Waals surface area (Å²) in [5, 5.41) is 19.7. The second-order valence-electron chi connectivity index (χ2n) is 5.87. The van der Waals surface area contributed by atoms with Gasteiger partial charge in [0.2, 0.25) is 0 Å². The lowest BCUT2D eigenvalue weighted by atomic mass is 9.92. The molecule has 0 saturated carbocycles. The maximum atomic E-state index is 13.6. The third kappa shape index (κ3) is 3.80. The molecule has 1 aliphatic heterocycles. The molecular formula is C16H22FNO3. The Hall–Kier alpha value is -1.46. The molecule has 116 valence electrons. The van der Waals surface area contributed by atoms with Crippen LogP contribution in [0, 0.1) is 11.7 Å². The molecule has 0 radical (unpaired) electrons. The van der Waals surface area contributed by atoms with Gasteiger partial charge in [-0.1, -0.05) is 0 Å². The van der Waals surface area contributed by atoms with E-state index in [1.165, 1.54) is 13.0 Å². The number of piperidine rings is 1. The first-order valence-corrected chi connectivity index (χ1v) is 7.31. The molecule has 1 aliphatic rings. The number of aliphatic hydroxyl groups is 1. The number of hydrogen-bond donors (Lipinski definition) is 2. The number of phenols is 1. The van der Waals surface area contributed by atoms with Gasteiger partial charge < -0.3 is 10.2 Å². The standard InChI is InChI=1S/C16H22FNO3/c1-10(19)12-3-5-18(6-4-12)9-13-7-14(17)8-15(11(2)20)16(13)21/h7-8,10,12,19,21H,3-6,9H2,1-2H3. The minimum Gasteiger partial charge on any atom is -0.507 e. The Labute approximate surface area is 124 Å². The van der Waals surface area contributed by atoms with E-state index in [4.69, 9.17) is 0 Å². The Kier molecular flexibility index (Phi) is 4.96. The van der Waals surface area contributed by atoms with Crippen molar-refractivity contribution in [2.45, 2.75) is 39.3 Å². The highest BCUT2D eigenvalue weighted by Crippen LogP contribution is 2.28. The van der Waals surface area contributed by atoms with Crippen molar-refractivity contribution in [1.29, 1.82) is 0 Å². The largest absolute Gasteiger partial charge is 0.507 e. The van der Waals surface area contributed by atoms with Gasteiger partial charge in [0, 0.05) is 12.1 Å². The lowest BCUT2D eigenvalue weighted by Gasteiger charge is -2.33. The maximum Gasteiger partial charge on any atom is 0.163 e. The number of Topliss-reactive ketones (excluding diaryl/α,β-unsaturated/α-hetero) is 1. The van der Waals surface area contributed by atoms with E-state index < -0.39 is 5.82 Å². The molecule has 1 atom stereocenters. The number of aromatic hydroxyl groups is 1. The molecule has 1 fully saturated rings. The molecule has 0 bridgehead atoms. The minimum atomic E-state index is -0.508. The summed E-state index contributed by atoms with van der Waals surface area (Å²) in [6, 6.07) is 2.35. The molecule has 2 N–H and O–H groups in total. The van der Waals surface area contributed by atoms with Gasteiger partial charge in [-0.05, 0) is 57.8 Å². The molecule has 5 heteroatoms. The first-order chi connectivity index (χ1) is 9.88. The van der Waals surface area contributed by atoms with Crippen LogP contribution in [0.4, 0.5) is 4.39 Å². The van der Waals surface area contributed by atoms with Crippen molar-refractivity contribution in [1.82, 2.24) is 4.90 Å². The second kappa shape index (κ2) is 6.54. The zero-order chi connectivity index (χ0) is 15.6. The van der Waals surface area contributed by atoms with Gasteiger partial charge in [-0.2, -0.15) is 0 Å². The van der Waals surface area contributed by atoms with Gasteiger partial charge in [0.15, 0.2) is 5.78 Å². The topological polar surface area (TPSA) is 60.8 Å². The molecule has 21 heavy (non-hydrogen) atoms. The van der Waals surface area contributed by atoms with Crippen molar-refractivity contribution in [3.63, 3.8) is 0 Å². The Bertz CT molecular complexity index is 522. The van der Waals surface area contributed by atoms with Crippen molar-refractivity contribution in [2.75, 3.05) is 13.1 Å². The summed E-state index contributed by atoms with van der Waals surface area (Å²) < 4.78 is 13.6. The van der Waals surface area contributed by atoms with Gasteiger partial charge in [0.1, 0.15) is 11.6 Å². The Morgan fingerprint density at radius 3 is 2.57 bits per heavy atom. The van der Waals surface area contributed by atoms with Gasteiger partial charge >= 0.3 is 0 Å². The third-order valence-corrected chi connectivity index (χ3v) is 4.24. The van der Waals surface area contributed by atoms with Gasteiger partial charge in [-0.15, -0.1) is 0 Å². The summed E-state index contributed by atoms with van der Waals surface area (Å²) in [7, 11) is 0. The molecule has 0 aliphatic carbocycles. The highest BCUT2D eigenvalue weighted by molar-refractivity contribution is 5.97. The normalized spacial score (nSPS) is 18.7. The van der Waals surface area contributed by atoms with E-state index in [2.05, 4.69) is 4.90 Å². The molecule has 1 unspecified atom stereocenters. The highest BCUT2D eigenvalue weighted by Gasteiger charge is 2.24. The van der Waals surface area contributed by atoms with Crippen LogP contribution in [-0.4, -0.2) is 40.1 Å². The molecule has 0 aromatic heterocycles. The monoisotopic (exact) mass is 295 g/mol. The van der Waals surface area contributed by atoms with Crippen molar-refractivity contribution in [3.8, 4) is 5.75 Å². The van der Waals surface area contributed by atoms with Crippen LogP contribution in [0.3, 0.4) is 0 Å². The molecule has 4 nitrogen and oxygen atoms in total. The van der Waals surface area contributed by atoms with Crippen LogP contribution in [0.1, 0.15) is 42.6 Å². The van der Waals surface area contributed by atoms with Gasteiger partial charge in [0.05, 0.1) is 11.7 Å².